The monoisotopic (exact) mass is 395 g/mol. The minimum atomic E-state index is -0.438. The van der Waals surface area contributed by atoms with Crippen LogP contribution in [0.1, 0.15) is 10.4 Å². The molecule has 0 saturated carbocycles. The van der Waals surface area contributed by atoms with Gasteiger partial charge in [0.15, 0.2) is 28.6 Å². The quantitative estimate of drug-likeness (QED) is 0.526. The molecule has 2 heterocycles. The number of hydrogen-bond acceptors (Lipinski definition) is 8. The van der Waals surface area contributed by atoms with Crippen LogP contribution in [-0.4, -0.2) is 37.4 Å². The zero-order valence-electron chi connectivity index (χ0n) is 15.9. The highest BCUT2D eigenvalue weighted by molar-refractivity contribution is 6.03. The average molecular weight is 395 g/mol. The first-order chi connectivity index (χ1) is 14.1. The van der Waals surface area contributed by atoms with Crippen molar-refractivity contribution < 1.29 is 27.8 Å². The summed E-state index contributed by atoms with van der Waals surface area (Å²) >= 11 is 0. The Kier molecular flexibility index (Phi) is 4.78. The van der Waals surface area contributed by atoms with Gasteiger partial charge in [0.25, 0.3) is 11.8 Å². The molecule has 0 aliphatic rings. The van der Waals surface area contributed by atoms with Crippen LogP contribution in [0.2, 0.25) is 0 Å². The number of anilines is 1. The molecule has 0 bridgehead atoms. The Morgan fingerprint density at radius 2 is 1.69 bits per heavy atom. The van der Waals surface area contributed by atoms with Crippen molar-refractivity contribution in [3.8, 4) is 28.9 Å². The van der Waals surface area contributed by atoms with E-state index in [9.17, 15) is 4.79 Å². The maximum Gasteiger partial charge on any atom is 0.322 e. The smallest absolute Gasteiger partial charge is 0.322 e. The number of nitrogens with zero attached hydrogens (tertiary/aromatic N) is 2. The number of amides is 1. The number of carbonyl (C=O) groups is 1. The summed E-state index contributed by atoms with van der Waals surface area (Å²) in [5.41, 5.74) is 0.912. The predicted octanol–water partition coefficient (Wildman–Crippen LogP) is 3.76. The molecule has 4 rings (SSSR count). The average Bonchev–Trinajstić information content (AvgIpc) is 3.39. The SMILES string of the molecule is COc1ccc(C(=O)Nc2nnc(-c3cc4cccc(OC)c4o3)o2)cc1OC. The molecule has 0 unspecified atom stereocenters. The fourth-order valence-corrected chi connectivity index (χ4v) is 2.82. The number of carbonyl (C=O) groups excluding carboxylic acids is 1. The minimum absolute atomic E-state index is 0.0628. The number of benzene rings is 2. The Bertz CT molecular complexity index is 1180. The normalized spacial score (nSPS) is 10.7. The zero-order valence-corrected chi connectivity index (χ0v) is 15.9. The Morgan fingerprint density at radius 1 is 0.897 bits per heavy atom. The van der Waals surface area contributed by atoms with Gasteiger partial charge in [0.2, 0.25) is 0 Å². The van der Waals surface area contributed by atoms with Crippen molar-refractivity contribution in [1.29, 1.82) is 0 Å². The number of nitrogens with one attached hydrogen (secondary N) is 1. The molecule has 148 valence electrons. The van der Waals surface area contributed by atoms with Gasteiger partial charge in [0.1, 0.15) is 0 Å². The molecule has 2 aromatic heterocycles. The first-order valence-corrected chi connectivity index (χ1v) is 8.56. The second kappa shape index (κ2) is 7.55. The van der Waals surface area contributed by atoms with Gasteiger partial charge in [-0.25, -0.2) is 0 Å². The summed E-state index contributed by atoms with van der Waals surface area (Å²) in [5.74, 6) is 1.60. The van der Waals surface area contributed by atoms with Gasteiger partial charge in [-0.1, -0.05) is 17.2 Å². The van der Waals surface area contributed by atoms with Crippen molar-refractivity contribution in [2.24, 2.45) is 0 Å². The van der Waals surface area contributed by atoms with Crippen LogP contribution >= 0.6 is 0 Å². The first kappa shape index (κ1) is 18.4. The number of aromatic nitrogens is 2. The maximum atomic E-state index is 12.5. The summed E-state index contributed by atoms with van der Waals surface area (Å²) in [5, 5.41) is 11.2. The standard InChI is InChI=1S/C20H17N3O6/c1-25-13-8-7-12(10-15(13)27-3)18(24)21-20-23-22-19(29-20)16-9-11-5-4-6-14(26-2)17(11)28-16/h4-10H,1-3H3,(H,21,23,24). The summed E-state index contributed by atoms with van der Waals surface area (Å²) in [6, 6.07) is 12.0. The van der Waals surface area contributed by atoms with Crippen LogP contribution in [0.15, 0.2) is 51.3 Å². The molecule has 9 heteroatoms. The third-order valence-corrected chi connectivity index (χ3v) is 4.23. The fourth-order valence-electron chi connectivity index (χ4n) is 2.82. The van der Waals surface area contributed by atoms with Crippen LogP contribution < -0.4 is 19.5 Å². The molecule has 1 N–H and O–H groups in total. The van der Waals surface area contributed by atoms with Gasteiger partial charge in [-0.2, -0.15) is 0 Å². The summed E-state index contributed by atoms with van der Waals surface area (Å²) < 4.78 is 26.9. The number of para-hydroxylation sites is 1. The van der Waals surface area contributed by atoms with E-state index in [0.717, 1.165) is 5.39 Å². The van der Waals surface area contributed by atoms with Crippen molar-refractivity contribution in [3.63, 3.8) is 0 Å². The summed E-state index contributed by atoms with van der Waals surface area (Å²) in [6.07, 6.45) is 0. The largest absolute Gasteiger partial charge is 0.493 e. The lowest BCUT2D eigenvalue weighted by atomic mass is 10.2. The predicted molar refractivity (Wildman–Crippen MR) is 104 cm³/mol. The number of furan rings is 1. The van der Waals surface area contributed by atoms with E-state index in [1.165, 1.54) is 14.2 Å². The number of methoxy groups -OCH3 is 3. The van der Waals surface area contributed by atoms with E-state index in [2.05, 4.69) is 15.5 Å². The zero-order chi connectivity index (χ0) is 20.4. The molecule has 0 spiro atoms. The van der Waals surface area contributed by atoms with Crippen molar-refractivity contribution in [2.75, 3.05) is 26.6 Å². The molecule has 0 aliphatic carbocycles. The molecular weight excluding hydrogens is 378 g/mol. The second-order valence-corrected chi connectivity index (χ2v) is 5.93. The minimum Gasteiger partial charge on any atom is -0.493 e. The van der Waals surface area contributed by atoms with Gasteiger partial charge < -0.3 is 23.0 Å². The van der Waals surface area contributed by atoms with Crippen molar-refractivity contribution in [2.45, 2.75) is 0 Å². The lowest BCUT2D eigenvalue weighted by molar-refractivity contribution is 0.102. The Hall–Kier alpha value is -4.01. The number of ether oxygens (including phenoxy) is 3. The Morgan fingerprint density at radius 3 is 2.45 bits per heavy atom. The van der Waals surface area contributed by atoms with Crippen molar-refractivity contribution in [3.05, 3.63) is 48.0 Å². The van der Waals surface area contributed by atoms with Crippen LogP contribution in [0.25, 0.3) is 22.6 Å². The maximum absolute atomic E-state index is 12.5. The van der Waals surface area contributed by atoms with Crippen LogP contribution in [0.3, 0.4) is 0 Å². The molecule has 0 radical (unpaired) electrons. The summed E-state index contributed by atoms with van der Waals surface area (Å²) in [4.78, 5) is 12.5. The molecule has 2 aromatic carbocycles. The third kappa shape index (κ3) is 3.45. The van der Waals surface area contributed by atoms with Crippen molar-refractivity contribution >= 4 is 22.9 Å². The molecule has 0 aliphatic heterocycles. The van der Waals surface area contributed by atoms with Gasteiger partial charge in [-0.15, -0.1) is 5.10 Å². The van der Waals surface area contributed by atoms with E-state index in [1.54, 1.807) is 37.4 Å². The van der Waals surface area contributed by atoms with Gasteiger partial charge in [0, 0.05) is 10.9 Å². The van der Waals surface area contributed by atoms with Gasteiger partial charge in [-0.3, -0.25) is 10.1 Å². The second-order valence-electron chi connectivity index (χ2n) is 5.93. The molecule has 0 fully saturated rings. The summed E-state index contributed by atoms with van der Waals surface area (Å²) in [7, 11) is 4.57. The van der Waals surface area contributed by atoms with Crippen LogP contribution in [0, 0.1) is 0 Å². The third-order valence-electron chi connectivity index (χ3n) is 4.23. The topological polar surface area (TPSA) is 109 Å². The molecule has 9 nitrogen and oxygen atoms in total. The highest BCUT2D eigenvalue weighted by atomic mass is 16.5. The molecular formula is C20H17N3O6. The van der Waals surface area contributed by atoms with Gasteiger partial charge >= 0.3 is 6.01 Å². The molecule has 4 aromatic rings. The van der Waals surface area contributed by atoms with E-state index >= 15 is 0 Å². The first-order valence-electron chi connectivity index (χ1n) is 8.56. The molecule has 29 heavy (non-hydrogen) atoms. The summed E-state index contributed by atoms with van der Waals surface area (Å²) in [6.45, 7) is 0. The van der Waals surface area contributed by atoms with Crippen LogP contribution in [0.4, 0.5) is 6.01 Å². The number of rotatable bonds is 6. The van der Waals surface area contributed by atoms with E-state index in [0.29, 0.717) is 34.2 Å². The van der Waals surface area contributed by atoms with E-state index < -0.39 is 5.91 Å². The van der Waals surface area contributed by atoms with Gasteiger partial charge in [0.05, 0.1) is 21.3 Å². The van der Waals surface area contributed by atoms with E-state index in [-0.39, 0.29) is 11.9 Å². The molecule has 0 atom stereocenters. The molecule has 0 saturated heterocycles. The van der Waals surface area contributed by atoms with Crippen LogP contribution in [-0.2, 0) is 0 Å². The molecule has 1 amide bonds. The number of hydrogen-bond donors (Lipinski definition) is 1. The fraction of sp³-hybridized carbons (Fsp3) is 0.150. The number of fused-ring (bicyclic) bond motifs is 1. The Balaban J connectivity index is 1.56. The van der Waals surface area contributed by atoms with Crippen molar-refractivity contribution in [1.82, 2.24) is 10.2 Å². The highest BCUT2D eigenvalue weighted by Crippen LogP contribution is 2.33. The van der Waals surface area contributed by atoms with Crippen LogP contribution in [0.5, 0.6) is 17.2 Å². The highest BCUT2D eigenvalue weighted by Gasteiger charge is 2.18. The van der Waals surface area contributed by atoms with Gasteiger partial charge in [-0.05, 0) is 30.3 Å². The lowest BCUT2D eigenvalue weighted by Gasteiger charge is -2.08. The lowest BCUT2D eigenvalue weighted by Crippen LogP contribution is -2.12. The van der Waals surface area contributed by atoms with E-state index in [1.807, 2.05) is 12.1 Å². The Labute approximate surface area is 165 Å². The van der Waals surface area contributed by atoms with E-state index in [4.69, 9.17) is 23.0 Å².